The molecule has 0 aliphatic heterocycles. The maximum atomic E-state index is 11.5. The predicted octanol–water partition coefficient (Wildman–Crippen LogP) is 2.67. The van der Waals surface area contributed by atoms with Gasteiger partial charge >= 0.3 is 0 Å². The molecular weight excluding hydrogens is 273 g/mol. The number of rotatable bonds is 6. The molecule has 3 nitrogen and oxygen atoms in total. The Hall–Kier alpha value is -0.770. The molecule has 1 rings (SSSR count). The van der Waals surface area contributed by atoms with Gasteiger partial charge < -0.3 is 10.4 Å². The summed E-state index contributed by atoms with van der Waals surface area (Å²) in [7, 11) is 0. The van der Waals surface area contributed by atoms with Gasteiger partial charge in [0.15, 0.2) is 0 Å². The molecule has 0 radical (unpaired) electrons. The molecule has 0 aromatic heterocycles. The molecule has 1 amide bonds. The number of hydrogen-bond acceptors (Lipinski definition) is 2. The Labute approximate surface area is 117 Å². The number of aryl methyl sites for hydroxylation is 1. The fourth-order valence-corrected chi connectivity index (χ4v) is 1.71. The second-order valence-electron chi connectivity index (χ2n) is 4.34. The van der Waals surface area contributed by atoms with Gasteiger partial charge in [-0.3, -0.25) is 4.79 Å². The van der Waals surface area contributed by atoms with Crippen molar-refractivity contribution in [3.05, 3.63) is 33.8 Å². The van der Waals surface area contributed by atoms with Crippen molar-refractivity contribution in [2.45, 2.75) is 19.8 Å². The molecule has 5 heteroatoms. The van der Waals surface area contributed by atoms with Crippen LogP contribution in [0, 0.1) is 5.92 Å². The Kier molecular flexibility index (Phi) is 6.47. The summed E-state index contributed by atoms with van der Waals surface area (Å²) in [5.74, 6) is 0.0558. The van der Waals surface area contributed by atoms with E-state index in [9.17, 15) is 4.79 Å². The number of hydrogen-bond donors (Lipinski definition) is 2. The van der Waals surface area contributed by atoms with Crippen LogP contribution in [0.3, 0.4) is 0 Å². The molecule has 0 saturated heterocycles. The summed E-state index contributed by atoms with van der Waals surface area (Å²) in [6, 6.07) is 5.36. The number of aliphatic hydroxyl groups is 1. The van der Waals surface area contributed by atoms with Gasteiger partial charge in [-0.15, -0.1) is 0 Å². The van der Waals surface area contributed by atoms with E-state index in [1.54, 1.807) is 12.1 Å². The van der Waals surface area contributed by atoms with Crippen LogP contribution >= 0.6 is 23.2 Å². The minimum Gasteiger partial charge on any atom is -0.396 e. The average molecular weight is 290 g/mol. The quantitative estimate of drug-likeness (QED) is 0.846. The lowest BCUT2D eigenvalue weighted by Crippen LogP contribution is -2.29. The van der Waals surface area contributed by atoms with Crippen LogP contribution in [0.5, 0.6) is 0 Å². The molecule has 0 aliphatic rings. The third kappa shape index (κ3) is 5.25. The Morgan fingerprint density at radius 1 is 1.39 bits per heavy atom. The predicted molar refractivity (Wildman–Crippen MR) is 74.0 cm³/mol. The Morgan fingerprint density at radius 3 is 2.72 bits per heavy atom. The molecule has 0 heterocycles. The minimum atomic E-state index is -0.0265. The summed E-state index contributed by atoms with van der Waals surface area (Å²) in [5.41, 5.74) is 0.981. The molecular formula is C13H17Cl2NO2. The topological polar surface area (TPSA) is 49.3 Å². The molecule has 1 unspecified atom stereocenters. The van der Waals surface area contributed by atoms with Crippen molar-refractivity contribution < 1.29 is 9.90 Å². The van der Waals surface area contributed by atoms with Crippen molar-refractivity contribution in [3.63, 3.8) is 0 Å². The van der Waals surface area contributed by atoms with Gasteiger partial charge in [0, 0.05) is 19.6 Å². The summed E-state index contributed by atoms with van der Waals surface area (Å²) < 4.78 is 0. The molecule has 0 bridgehead atoms. The molecule has 0 aliphatic carbocycles. The highest BCUT2D eigenvalue weighted by molar-refractivity contribution is 6.42. The first-order chi connectivity index (χ1) is 8.52. The molecule has 1 aromatic carbocycles. The molecule has 0 fully saturated rings. The second-order valence-corrected chi connectivity index (χ2v) is 5.15. The Morgan fingerprint density at radius 2 is 2.11 bits per heavy atom. The molecule has 0 saturated carbocycles. The summed E-state index contributed by atoms with van der Waals surface area (Å²) in [4.78, 5) is 11.5. The molecule has 1 atom stereocenters. The van der Waals surface area contributed by atoms with Crippen LogP contribution in [-0.2, 0) is 11.2 Å². The molecule has 100 valence electrons. The highest BCUT2D eigenvalue weighted by Gasteiger charge is 2.06. The third-order valence-corrected chi connectivity index (χ3v) is 3.32. The van der Waals surface area contributed by atoms with Gasteiger partial charge in [-0.25, -0.2) is 0 Å². The van der Waals surface area contributed by atoms with Gasteiger partial charge in [-0.2, -0.15) is 0 Å². The van der Waals surface area contributed by atoms with E-state index in [1.165, 1.54) is 0 Å². The van der Waals surface area contributed by atoms with E-state index in [1.807, 2.05) is 13.0 Å². The number of aliphatic hydroxyl groups excluding tert-OH is 1. The Bertz CT molecular complexity index is 410. The fraction of sp³-hybridized carbons (Fsp3) is 0.462. The smallest absolute Gasteiger partial charge is 0.220 e. The molecule has 0 spiro atoms. The maximum Gasteiger partial charge on any atom is 0.220 e. The lowest BCUT2D eigenvalue weighted by molar-refractivity contribution is -0.121. The van der Waals surface area contributed by atoms with Crippen molar-refractivity contribution in [2.24, 2.45) is 5.92 Å². The van der Waals surface area contributed by atoms with E-state index in [0.717, 1.165) is 5.56 Å². The lowest BCUT2D eigenvalue weighted by atomic mass is 10.1. The zero-order valence-electron chi connectivity index (χ0n) is 10.2. The largest absolute Gasteiger partial charge is 0.396 e. The van der Waals surface area contributed by atoms with Gasteiger partial charge in [0.25, 0.3) is 0 Å². The average Bonchev–Trinajstić information content (AvgIpc) is 2.37. The highest BCUT2D eigenvalue weighted by Crippen LogP contribution is 2.23. The third-order valence-electron chi connectivity index (χ3n) is 2.58. The SMILES string of the molecule is CC(CO)CNC(=O)CCc1ccc(Cl)c(Cl)c1. The molecule has 1 aromatic rings. The van der Waals surface area contributed by atoms with Crippen molar-refractivity contribution in [1.29, 1.82) is 0 Å². The van der Waals surface area contributed by atoms with Crippen LogP contribution in [0.1, 0.15) is 18.9 Å². The second kappa shape index (κ2) is 7.62. The number of carbonyl (C=O) groups is 1. The minimum absolute atomic E-state index is 0.0265. The summed E-state index contributed by atoms with van der Waals surface area (Å²) in [5, 5.41) is 12.6. The highest BCUT2D eigenvalue weighted by atomic mass is 35.5. The zero-order chi connectivity index (χ0) is 13.5. The summed E-state index contributed by atoms with van der Waals surface area (Å²) >= 11 is 11.7. The van der Waals surface area contributed by atoms with Crippen LogP contribution in [0.15, 0.2) is 18.2 Å². The standard InChI is InChI=1S/C13H17Cl2NO2/c1-9(8-17)7-16-13(18)5-3-10-2-4-11(14)12(15)6-10/h2,4,6,9,17H,3,5,7-8H2,1H3,(H,16,18). The summed E-state index contributed by atoms with van der Waals surface area (Å²) in [6.07, 6.45) is 1.02. The monoisotopic (exact) mass is 289 g/mol. The van der Waals surface area contributed by atoms with Crippen LogP contribution in [0.2, 0.25) is 10.0 Å². The van der Waals surface area contributed by atoms with Crippen molar-refractivity contribution in [2.75, 3.05) is 13.2 Å². The van der Waals surface area contributed by atoms with Crippen LogP contribution in [0.25, 0.3) is 0 Å². The van der Waals surface area contributed by atoms with Gasteiger partial charge in [0.1, 0.15) is 0 Å². The lowest BCUT2D eigenvalue weighted by Gasteiger charge is -2.09. The van der Waals surface area contributed by atoms with E-state index in [4.69, 9.17) is 28.3 Å². The first kappa shape index (κ1) is 15.3. The van der Waals surface area contributed by atoms with E-state index >= 15 is 0 Å². The van der Waals surface area contributed by atoms with Gasteiger partial charge in [-0.1, -0.05) is 36.2 Å². The van der Waals surface area contributed by atoms with Crippen molar-refractivity contribution >= 4 is 29.1 Å². The normalized spacial score (nSPS) is 12.2. The number of benzene rings is 1. The number of carbonyl (C=O) groups excluding carboxylic acids is 1. The van der Waals surface area contributed by atoms with Crippen molar-refractivity contribution in [1.82, 2.24) is 5.32 Å². The number of nitrogens with one attached hydrogen (secondary N) is 1. The van der Waals surface area contributed by atoms with Gasteiger partial charge in [0.05, 0.1) is 10.0 Å². The van der Waals surface area contributed by atoms with Gasteiger partial charge in [-0.05, 0) is 30.0 Å². The first-order valence-electron chi connectivity index (χ1n) is 5.84. The van der Waals surface area contributed by atoms with Crippen LogP contribution < -0.4 is 5.32 Å². The van der Waals surface area contributed by atoms with E-state index < -0.39 is 0 Å². The first-order valence-corrected chi connectivity index (χ1v) is 6.60. The number of halogens is 2. The Balaban J connectivity index is 2.36. The van der Waals surface area contributed by atoms with Crippen molar-refractivity contribution in [3.8, 4) is 0 Å². The fourth-order valence-electron chi connectivity index (χ4n) is 1.39. The van der Waals surface area contributed by atoms with Crippen LogP contribution in [-0.4, -0.2) is 24.2 Å². The van der Waals surface area contributed by atoms with E-state index in [-0.39, 0.29) is 18.4 Å². The zero-order valence-corrected chi connectivity index (χ0v) is 11.8. The summed E-state index contributed by atoms with van der Waals surface area (Å²) in [6.45, 7) is 2.45. The maximum absolute atomic E-state index is 11.5. The molecule has 18 heavy (non-hydrogen) atoms. The van der Waals surface area contributed by atoms with E-state index in [0.29, 0.717) is 29.4 Å². The van der Waals surface area contributed by atoms with Gasteiger partial charge in [0.2, 0.25) is 5.91 Å². The molecule has 2 N–H and O–H groups in total. The number of amides is 1. The van der Waals surface area contributed by atoms with Crippen LogP contribution in [0.4, 0.5) is 0 Å². The van der Waals surface area contributed by atoms with E-state index in [2.05, 4.69) is 5.32 Å².